The van der Waals surface area contributed by atoms with Crippen LogP contribution in [-0.2, 0) is 12.0 Å². The highest BCUT2D eigenvalue weighted by Crippen LogP contribution is 2.24. The number of nitrogens with zero attached hydrogens (tertiary/aromatic N) is 3. The lowest BCUT2D eigenvalue weighted by Gasteiger charge is -2.24. The van der Waals surface area contributed by atoms with Crippen LogP contribution in [0.15, 0.2) is 18.3 Å². The van der Waals surface area contributed by atoms with Crippen LogP contribution in [0.4, 0.5) is 0 Å². The molecule has 3 heteroatoms. The van der Waals surface area contributed by atoms with Gasteiger partial charge in [-0.1, -0.05) is 13.8 Å². The fraction of sp³-hybridized carbons (Fsp3) is 0.571. The average molecular weight is 231 g/mol. The van der Waals surface area contributed by atoms with E-state index >= 15 is 0 Å². The normalized spacial score (nSPS) is 12.6. The van der Waals surface area contributed by atoms with E-state index in [9.17, 15) is 0 Å². The van der Waals surface area contributed by atoms with Crippen molar-refractivity contribution in [1.29, 1.82) is 0 Å². The minimum Gasteiger partial charge on any atom is -0.307 e. The minimum absolute atomic E-state index is 0.0212. The maximum atomic E-state index is 4.72. The summed E-state index contributed by atoms with van der Waals surface area (Å²) in [7, 11) is 0. The third-order valence-electron chi connectivity index (χ3n) is 2.75. The molecule has 92 valence electrons. The molecule has 0 aromatic carbocycles. The first-order chi connectivity index (χ1) is 7.89. The topological polar surface area (TPSA) is 30.7 Å². The first kappa shape index (κ1) is 12.1. The molecule has 0 N–H and O–H groups in total. The molecule has 0 atom stereocenters. The zero-order valence-electron chi connectivity index (χ0n) is 11.4. The first-order valence-corrected chi connectivity index (χ1v) is 6.22. The summed E-state index contributed by atoms with van der Waals surface area (Å²) >= 11 is 0. The third kappa shape index (κ3) is 2.33. The Morgan fingerprint density at radius 3 is 2.59 bits per heavy atom. The van der Waals surface area contributed by atoms with Crippen molar-refractivity contribution in [3.8, 4) is 0 Å². The molecule has 0 spiro atoms. The van der Waals surface area contributed by atoms with Gasteiger partial charge in [0.15, 0.2) is 5.65 Å². The Kier molecular flexibility index (Phi) is 2.94. The van der Waals surface area contributed by atoms with Gasteiger partial charge in [-0.25, -0.2) is 9.97 Å². The van der Waals surface area contributed by atoms with Gasteiger partial charge in [0, 0.05) is 18.2 Å². The Morgan fingerprint density at radius 2 is 2.00 bits per heavy atom. The smallest absolute Gasteiger partial charge is 0.160 e. The van der Waals surface area contributed by atoms with Crippen LogP contribution < -0.4 is 0 Å². The van der Waals surface area contributed by atoms with E-state index in [0.717, 1.165) is 23.4 Å². The largest absolute Gasteiger partial charge is 0.307 e. The molecule has 0 unspecified atom stereocenters. The number of rotatable bonds is 2. The molecular weight excluding hydrogens is 210 g/mol. The first-order valence-electron chi connectivity index (χ1n) is 6.22. The molecule has 0 saturated heterocycles. The van der Waals surface area contributed by atoms with E-state index in [1.807, 2.05) is 18.3 Å². The quantitative estimate of drug-likeness (QED) is 0.793. The molecule has 0 radical (unpaired) electrons. The molecule has 0 fully saturated rings. The second kappa shape index (κ2) is 4.13. The van der Waals surface area contributed by atoms with Gasteiger partial charge in [0.1, 0.15) is 11.3 Å². The van der Waals surface area contributed by atoms with Crippen molar-refractivity contribution in [1.82, 2.24) is 14.5 Å². The van der Waals surface area contributed by atoms with E-state index in [1.165, 1.54) is 0 Å². The standard InChI is InChI=1S/C14H21N3/c1-10(2)9-12-16-11-7-6-8-15-13(11)17(12)14(3,4)5/h6-8,10H,9H2,1-5H3. The molecule has 2 heterocycles. The van der Waals surface area contributed by atoms with Gasteiger partial charge in [-0.2, -0.15) is 0 Å². The summed E-state index contributed by atoms with van der Waals surface area (Å²) in [5, 5.41) is 0. The summed E-state index contributed by atoms with van der Waals surface area (Å²) in [6, 6.07) is 3.98. The van der Waals surface area contributed by atoms with Gasteiger partial charge < -0.3 is 4.57 Å². The zero-order valence-corrected chi connectivity index (χ0v) is 11.4. The highest BCUT2D eigenvalue weighted by Gasteiger charge is 2.22. The Balaban J connectivity index is 2.65. The van der Waals surface area contributed by atoms with Crippen LogP contribution in [-0.4, -0.2) is 14.5 Å². The summed E-state index contributed by atoms with van der Waals surface area (Å²) in [6.45, 7) is 11.0. The molecule has 0 bridgehead atoms. The predicted octanol–water partition coefficient (Wildman–Crippen LogP) is 3.38. The fourth-order valence-electron chi connectivity index (χ4n) is 2.17. The van der Waals surface area contributed by atoms with E-state index in [4.69, 9.17) is 4.98 Å². The van der Waals surface area contributed by atoms with Crippen LogP contribution in [0.5, 0.6) is 0 Å². The van der Waals surface area contributed by atoms with Crippen LogP contribution >= 0.6 is 0 Å². The number of imidazole rings is 1. The van der Waals surface area contributed by atoms with Crippen LogP contribution in [0.3, 0.4) is 0 Å². The molecule has 2 rings (SSSR count). The summed E-state index contributed by atoms with van der Waals surface area (Å²) in [6.07, 6.45) is 2.83. The van der Waals surface area contributed by atoms with E-state index in [2.05, 4.69) is 44.2 Å². The number of pyridine rings is 1. The second-order valence-electron chi connectivity index (χ2n) is 5.98. The zero-order chi connectivity index (χ0) is 12.6. The Hall–Kier alpha value is -1.38. The van der Waals surface area contributed by atoms with Gasteiger partial charge >= 0.3 is 0 Å². The van der Waals surface area contributed by atoms with E-state index in [-0.39, 0.29) is 5.54 Å². The van der Waals surface area contributed by atoms with Gasteiger partial charge in [-0.3, -0.25) is 0 Å². The Morgan fingerprint density at radius 1 is 1.29 bits per heavy atom. The maximum Gasteiger partial charge on any atom is 0.160 e. The highest BCUT2D eigenvalue weighted by molar-refractivity contribution is 5.71. The van der Waals surface area contributed by atoms with Crippen LogP contribution in [0, 0.1) is 5.92 Å². The summed E-state index contributed by atoms with van der Waals surface area (Å²) in [4.78, 5) is 9.20. The molecule has 17 heavy (non-hydrogen) atoms. The number of fused-ring (bicyclic) bond motifs is 1. The fourth-order valence-corrected chi connectivity index (χ4v) is 2.17. The van der Waals surface area contributed by atoms with Crippen LogP contribution in [0.2, 0.25) is 0 Å². The summed E-state index contributed by atoms with van der Waals surface area (Å²) < 4.78 is 2.27. The molecule has 3 nitrogen and oxygen atoms in total. The van der Waals surface area contributed by atoms with Crippen LogP contribution in [0.25, 0.3) is 11.2 Å². The van der Waals surface area contributed by atoms with Gasteiger partial charge in [0.05, 0.1) is 0 Å². The molecule has 0 amide bonds. The van der Waals surface area contributed by atoms with E-state index < -0.39 is 0 Å². The monoisotopic (exact) mass is 231 g/mol. The molecule has 0 aliphatic rings. The van der Waals surface area contributed by atoms with E-state index in [1.54, 1.807) is 0 Å². The second-order valence-corrected chi connectivity index (χ2v) is 5.98. The van der Waals surface area contributed by atoms with Gasteiger partial charge in [0.2, 0.25) is 0 Å². The molecular formula is C14H21N3. The summed E-state index contributed by atoms with van der Waals surface area (Å²) in [5.74, 6) is 1.74. The summed E-state index contributed by atoms with van der Waals surface area (Å²) in [5.41, 5.74) is 2.02. The highest BCUT2D eigenvalue weighted by atomic mass is 15.2. The maximum absolute atomic E-state index is 4.72. The van der Waals surface area contributed by atoms with E-state index in [0.29, 0.717) is 5.92 Å². The SMILES string of the molecule is CC(C)Cc1nc2cccnc2n1C(C)(C)C. The molecule has 0 saturated carbocycles. The van der Waals surface area contributed by atoms with Crippen molar-refractivity contribution in [2.24, 2.45) is 5.92 Å². The Bertz CT molecular complexity index is 518. The van der Waals surface area contributed by atoms with Gasteiger partial charge in [-0.05, 0) is 38.8 Å². The number of aromatic nitrogens is 3. The van der Waals surface area contributed by atoms with Gasteiger partial charge in [-0.15, -0.1) is 0 Å². The lowest BCUT2D eigenvalue weighted by molar-refractivity contribution is 0.384. The van der Waals surface area contributed by atoms with Crippen molar-refractivity contribution in [3.63, 3.8) is 0 Å². The lowest BCUT2D eigenvalue weighted by atomic mass is 10.1. The molecule has 2 aromatic rings. The molecule has 2 aromatic heterocycles. The van der Waals surface area contributed by atoms with Crippen molar-refractivity contribution < 1.29 is 0 Å². The predicted molar refractivity (Wildman–Crippen MR) is 71.1 cm³/mol. The lowest BCUT2D eigenvalue weighted by Crippen LogP contribution is -2.25. The van der Waals surface area contributed by atoms with Crippen molar-refractivity contribution in [3.05, 3.63) is 24.2 Å². The van der Waals surface area contributed by atoms with Gasteiger partial charge in [0.25, 0.3) is 0 Å². The minimum atomic E-state index is 0.0212. The van der Waals surface area contributed by atoms with Crippen molar-refractivity contribution >= 4 is 11.2 Å². The van der Waals surface area contributed by atoms with Crippen molar-refractivity contribution in [2.45, 2.75) is 46.6 Å². The average Bonchev–Trinajstić information content (AvgIpc) is 2.53. The van der Waals surface area contributed by atoms with Crippen molar-refractivity contribution in [2.75, 3.05) is 0 Å². The van der Waals surface area contributed by atoms with Crippen LogP contribution in [0.1, 0.15) is 40.4 Å². The number of hydrogen-bond donors (Lipinski definition) is 0. The third-order valence-corrected chi connectivity index (χ3v) is 2.75. The molecule has 0 aliphatic carbocycles. The Labute approximate surface area is 103 Å². The number of hydrogen-bond acceptors (Lipinski definition) is 2. The molecule has 0 aliphatic heterocycles.